The fourth-order valence-corrected chi connectivity index (χ4v) is 3.76. The van der Waals surface area contributed by atoms with Gasteiger partial charge in [0.15, 0.2) is 0 Å². The lowest BCUT2D eigenvalue weighted by molar-refractivity contribution is 0.303. The molecular weight excluding hydrogens is 402 g/mol. The fraction of sp³-hybridized carbons (Fsp3) is 0.333. The van der Waals surface area contributed by atoms with Gasteiger partial charge in [0, 0.05) is 21.0 Å². The van der Waals surface area contributed by atoms with Crippen LogP contribution < -0.4 is 10.1 Å². The number of rotatable bonds is 6. The van der Waals surface area contributed by atoms with Gasteiger partial charge < -0.3 is 10.1 Å². The molecule has 1 aromatic carbocycles. The number of halogens is 2. The summed E-state index contributed by atoms with van der Waals surface area (Å²) >= 11 is 8.70. The molecule has 1 atom stereocenters. The maximum absolute atomic E-state index is 5.99. The highest BCUT2D eigenvalue weighted by atomic mass is 79.9. The van der Waals surface area contributed by atoms with Gasteiger partial charge in [0.1, 0.15) is 12.4 Å². The third kappa shape index (κ3) is 4.32. The summed E-state index contributed by atoms with van der Waals surface area (Å²) in [6.45, 7) is 5.80. The van der Waals surface area contributed by atoms with Crippen LogP contribution in [-0.4, -0.2) is 6.54 Å². The highest BCUT2D eigenvalue weighted by Crippen LogP contribution is 2.30. The van der Waals surface area contributed by atoms with Gasteiger partial charge in [-0.25, -0.2) is 0 Å². The highest BCUT2D eigenvalue weighted by molar-refractivity contribution is 9.11. The number of benzene rings is 1. The van der Waals surface area contributed by atoms with Gasteiger partial charge in [-0.1, -0.05) is 22.9 Å². The summed E-state index contributed by atoms with van der Waals surface area (Å²) in [5, 5.41) is 3.43. The van der Waals surface area contributed by atoms with Gasteiger partial charge in [0.25, 0.3) is 0 Å². The van der Waals surface area contributed by atoms with Gasteiger partial charge in [-0.05, 0) is 59.7 Å². The summed E-state index contributed by atoms with van der Waals surface area (Å²) in [7, 11) is 0. The Morgan fingerprint density at radius 1 is 1.25 bits per heavy atom. The molecule has 0 amide bonds. The molecule has 2 rings (SSSR count). The Kier molecular flexibility index (Phi) is 6.08. The lowest BCUT2D eigenvalue weighted by Gasteiger charge is -2.18. The van der Waals surface area contributed by atoms with E-state index in [0.29, 0.717) is 6.61 Å². The van der Waals surface area contributed by atoms with Gasteiger partial charge >= 0.3 is 0 Å². The molecule has 0 aliphatic carbocycles. The molecule has 0 aliphatic heterocycles. The topological polar surface area (TPSA) is 21.3 Å². The van der Waals surface area contributed by atoms with Crippen molar-refractivity contribution in [3.63, 3.8) is 0 Å². The highest BCUT2D eigenvalue weighted by Gasteiger charge is 2.12. The SMILES string of the molecule is CCNC(C)c1cc(Br)ccc1OCc1ccc(Br)s1. The smallest absolute Gasteiger partial charge is 0.124 e. The maximum atomic E-state index is 5.99. The maximum Gasteiger partial charge on any atom is 0.124 e. The quantitative estimate of drug-likeness (QED) is 0.666. The summed E-state index contributed by atoms with van der Waals surface area (Å²) in [4.78, 5) is 1.21. The van der Waals surface area contributed by atoms with Crippen molar-refractivity contribution in [3.8, 4) is 5.75 Å². The number of ether oxygens (including phenoxy) is 1. The molecule has 1 N–H and O–H groups in total. The molecule has 2 aromatic rings. The van der Waals surface area contributed by atoms with E-state index >= 15 is 0 Å². The largest absolute Gasteiger partial charge is 0.488 e. The van der Waals surface area contributed by atoms with Gasteiger partial charge in [-0.3, -0.25) is 0 Å². The molecular formula is C15H17Br2NOS. The Bertz CT molecular complexity index is 571. The van der Waals surface area contributed by atoms with E-state index < -0.39 is 0 Å². The molecule has 0 saturated heterocycles. The van der Waals surface area contributed by atoms with Crippen molar-refractivity contribution in [2.75, 3.05) is 6.54 Å². The summed E-state index contributed by atoms with van der Waals surface area (Å²) in [6, 6.07) is 10.6. The van der Waals surface area contributed by atoms with E-state index in [1.54, 1.807) is 11.3 Å². The van der Waals surface area contributed by atoms with Crippen molar-refractivity contribution in [1.82, 2.24) is 5.32 Å². The summed E-state index contributed by atoms with van der Waals surface area (Å²) < 4.78 is 8.19. The standard InChI is InChI=1S/C15H17Br2NOS/c1-3-18-10(2)13-8-11(16)4-6-14(13)19-9-12-5-7-15(17)20-12/h4-8,10,18H,3,9H2,1-2H3. The molecule has 1 aromatic heterocycles. The van der Waals surface area contributed by atoms with Crippen LogP contribution in [0.3, 0.4) is 0 Å². The number of hydrogen-bond acceptors (Lipinski definition) is 3. The van der Waals surface area contributed by atoms with Crippen LogP contribution in [0.2, 0.25) is 0 Å². The predicted octanol–water partition coefficient (Wildman–Crippen LogP) is 5.52. The van der Waals surface area contributed by atoms with Gasteiger partial charge in [0.2, 0.25) is 0 Å². The molecule has 20 heavy (non-hydrogen) atoms. The Hall–Kier alpha value is -0.360. The summed E-state index contributed by atoms with van der Waals surface area (Å²) in [5.74, 6) is 0.936. The van der Waals surface area contributed by atoms with E-state index in [1.807, 2.05) is 18.2 Å². The molecule has 1 heterocycles. The third-order valence-corrected chi connectivity index (χ3v) is 5.04. The van der Waals surface area contributed by atoms with Gasteiger partial charge in [-0.15, -0.1) is 11.3 Å². The van der Waals surface area contributed by atoms with E-state index in [-0.39, 0.29) is 6.04 Å². The zero-order valence-electron chi connectivity index (χ0n) is 11.5. The van der Waals surface area contributed by atoms with E-state index in [9.17, 15) is 0 Å². The summed E-state index contributed by atoms with van der Waals surface area (Å²) in [5.41, 5.74) is 1.18. The molecule has 2 nitrogen and oxygen atoms in total. The van der Waals surface area contributed by atoms with Crippen LogP contribution in [0.15, 0.2) is 38.6 Å². The van der Waals surface area contributed by atoms with Crippen molar-refractivity contribution in [3.05, 3.63) is 49.0 Å². The van der Waals surface area contributed by atoms with E-state index in [1.165, 1.54) is 10.4 Å². The van der Waals surface area contributed by atoms with Crippen LogP contribution in [0.1, 0.15) is 30.3 Å². The Morgan fingerprint density at radius 3 is 2.70 bits per heavy atom. The van der Waals surface area contributed by atoms with Crippen LogP contribution in [-0.2, 0) is 6.61 Å². The first-order valence-corrected chi connectivity index (χ1v) is 8.90. The monoisotopic (exact) mass is 417 g/mol. The molecule has 0 bridgehead atoms. The molecule has 5 heteroatoms. The first kappa shape index (κ1) is 16.0. The molecule has 0 saturated carbocycles. The number of nitrogens with one attached hydrogen (secondary N) is 1. The zero-order valence-corrected chi connectivity index (χ0v) is 15.4. The van der Waals surface area contributed by atoms with E-state index in [2.05, 4.69) is 63.2 Å². The minimum atomic E-state index is 0.266. The van der Waals surface area contributed by atoms with Crippen molar-refractivity contribution < 1.29 is 4.74 Å². The fourth-order valence-electron chi connectivity index (χ4n) is 1.98. The number of hydrogen-bond donors (Lipinski definition) is 1. The van der Waals surface area contributed by atoms with Crippen LogP contribution in [0.4, 0.5) is 0 Å². The average molecular weight is 419 g/mol. The van der Waals surface area contributed by atoms with E-state index in [0.717, 1.165) is 20.6 Å². The first-order chi connectivity index (χ1) is 9.60. The molecule has 108 valence electrons. The van der Waals surface area contributed by atoms with E-state index in [4.69, 9.17) is 4.74 Å². The Balaban J connectivity index is 2.13. The van der Waals surface area contributed by atoms with Crippen LogP contribution in [0.25, 0.3) is 0 Å². The molecule has 0 aliphatic rings. The molecule has 0 radical (unpaired) electrons. The lowest BCUT2D eigenvalue weighted by Crippen LogP contribution is -2.18. The van der Waals surface area contributed by atoms with Crippen molar-refractivity contribution in [2.24, 2.45) is 0 Å². The zero-order chi connectivity index (χ0) is 14.5. The van der Waals surface area contributed by atoms with Gasteiger partial charge in [-0.2, -0.15) is 0 Å². The summed E-state index contributed by atoms with van der Waals surface area (Å²) in [6.07, 6.45) is 0. The van der Waals surface area contributed by atoms with Crippen LogP contribution in [0, 0.1) is 0 Å². The van der Waals surface area contributed by atoms with Crippen molar-refractivity contribution in [2.45, 2.75) is 26.5 Å². The van der Waals surface area contributed by atoms with Crippen molar-refractivity contribution >= 4 is 43.2 Å². The van der Waals surface area contributed by atoms with Gasteiger partial charge in [0.05, 0.1) is 3.79 Å². The Labute approximate surface area is 140 Å². The predicted molar refractivity (Wildman–Crippen MR) is 92.6 cm³/mol. The second kappa shape index (κ2) is 7.59. The minimum absolute atomic E-state index is 0.266. The molecule has 0 spiro atoms. The normalized spacial score (nSPS) is 12.4. The average Bonchev–Trinajstić information content (AvgIpc) is 2.83. The minimum Gasteiger partial charge on any atom is -0.488 e. The second-order valence-electron chi connectivity index (χ2n) is 4.46. The van der Waals surface area contributed by atoms with Crippen LogP contribution in [0.5, 0.6) is 5.75 Å². The number of thiophene rings is 1. The lowest BCUT2D eigenvalue weighted by atomic mass is 10.1. The molecule has 0 fully saturated rings. The molecule has 1 unspecified atom stereocenters. The third-order valence-electron chi connectivity index (χ3n) is 2.95. The second-order valence-corrected chi connectivity index (χ2v) is 7.92. The Morgan fingerprint density at radius 2 is 2.05 bits per heavy atom. The van der Waals surface area contributed by atoms with Crippen molar-refractivity contribution in [1.29, 1.82) is 0 Å². The first-order valence-electron chi connectivity index (χ1n) is 6.50. The van der Waals surface area contributed by atoms with Crippen LogP contribution >= 0.6 is 43.2 Å².